The summed E-state index contributed by atoms with van der Waals surface area (Å²) in [6.07, 6.45) is 10.5. The lowest BCUT2D eigenvalue weighted by molar-refractivity contribution is -0.148. The summed E-state index contributed by atoms with van der Waals surface area (Å²) in [4.78, 5) is 63.5. The second kappa shape index (κ2) is 16.7. The van der Waals surface area contributed by atoms with Crippen molar-refractivity contribution < 1.29 is 28.7 Å². The van der Waals surface area contributed by atoms with Crippen molar-refractivity contribution in [2.24, 2.45) is 51.4 Å². The number of allylic oxidation sites excluding steroid dienone is 2. The van der Waals surface area contributed by atoms with Gasteiger partial charge in [-0.25, -0.2) is 4.79 Å². The van der Waals surface area contributed by atoms with Crippen LogP contribution in [0, 0.1) is 41.4 Å². The Kier molecular flexibility index (Phi) is 11.7. The lowest BCUT2D eigenvalue weighted by Crippen LogP contribution is -2.50. The van der Waals surface area contributed by atoms with Crippen LogP contribution in [0.3, 0.4) is 0 Å². The first-order valence-corrected chi connectivity index (χ1v) is 20.4. The van der Waals surface area contributed by atoms with E-state index in [0.717, 1.165) is 83.3 Å². The summed E-state index contributed by atoms with van der Waals surface area (Å²) in [5, 5.41) is 3.04. The molecular formula is C46H56N4O6. The highest BCUT2D eigenvalue weighted by atomic mass is 16.5. The number of aliphatic imine (C=N–C) groups is 2. The van der Waals surface area contributed by atoms with Crippen molar-refractivity contribution >= 4 is 46.3 Å². The zero-order chi connectivity index (χ0) is 39.7. The number of benzene rings is 2. The number of esters is 2. The molecule has 3 aliphatic heterocycles. The molecule has 7 rings (SSSR count). The molecule has 1 saturated heterocycles. The van der Waals surface area contributed by atoms with E-state index < -0.39 is 17.9 Å². The number of hydrogen-bond acceptors (Lipinski definition) is 8. The Morgan fingerprint density at radius 2 is 1.32 bits per heavy atom. The molecule has 56 heavy (non-hydrogen) atoms. The number of methoxy groups -OCH3 is 2. The van der Waals surface area contributed by atoms with Crippen LogP contribution in [-0.2, 0) is 28.7 Å². The van der Waals surface area contributed by atoms with Gasteiger partial charge in [-0.2, -0.15) is 0 Å². The van der Waals surface area contributed by atoms with Crippen LogP contribution in [0.5, 0.6) is 0 Å². The molecule has 2 aromatic rings. The standard InChI is InChI=1S/C46H56N4O6/c1-26(2)36(23-40(51)55-5)45(53)50-19-7-8-39(50)37-21-34(24-47-37)30-13-9-28(10-14-30)29-11-15-31(16-12-29)35-22-38(48-25-35)41-32-17-18-33(20-32)42(41)44(52)49-43(27(3)4)46(54)56-6/h9-16,24-27,32-33,36,39,41-43H,7-8,17-23H2,1-6H3,(H,49,52)/t32-,33+,36-,39-,41-,42+,43-/m0/s1. The number of likely N-dealkylation sites (tertiary alicyclic amines) is 1. The number of ether oxygens (including phenoxy) is 2. The number of fused-ring (bicyclic) bond motifs is 2. The van der Waals surface area contributed by atoms with Gasteiger partial charge < -0.3 is 19.7 Å². The number of nitrogens with one attached hydrogen (secondary N) is 1. The molecule has 3 heterocycles. The van der Waals surface area contributed by atoms with Gasteiger partial charge in [-0.15, -0.1) is 0 Å². The fourth-order valence-corrected chi connectivity index (χ4v) is 9.89. The van der Waals surface area contributed by atoms with Gasteiger partial charge >= 0.3 is 11.9 Å². The molecule has 5 aliphatic rings. The van der Waals surface area contributed by atoms with E-state index in [4.69, 9.17) is 19.5 Å². The zero-order valence-electron chi connectivity index (χ0n) is 33.6. The molecule has 2 aromatic carbocycles. The van der Waals surface area contributed by atoms with Gasteiger partial charge in [0.1, 0.15) is 6.04 Å². The van der Waals surface area contributed by atoms with E-state index in [2.05, 4.69) is 53.8 Å². The lowest BCUT2D eigenvalue weighted by atomic mass is 9.74. The van der Waals surface area contributed by atoms with Gasteiger partial charge in [0.05, 0.1) is 32.6 Å². The van der Waals surface area contributed by atoms with Crippen LogP contribution in [0.2, 0.25) is 0 Å². The van der Waals surface area contributed by atoms with Crippen molar-refractivity contribution in [3.8, 4) is 11.1 Å². The fourth-order valence-electron chi connectivity index (χ4n) is 9.89. The Bertz CT molecular complexity index is 1960. The first-order valence-electron chi connectivity index (χ1n) is 20.4. The van der Waals surface area contributed by atoms with Crippen molar-refractivity contribution in [1.29, 1.82) is 0 Å². The molecule has 2 saturated carbocycles. The first-order chi connectivity index (χ1) is 27.0. The van der Waals surface area contributed by atoms with Crippen molar-refractivity contribution in [3.05, 3.63) is 72.1 Å². The van der Waals surface area contributed by atoms with Crippen LogP contribution in [0.4, 0.5) is 0 Å². The molecule has 2 amide bonds. The molecule has 10 nitrogen and oxygen atoms in total. The molecule has 2 bridgehead atoms. The summed E-state index contributed by atoms with van der Waals surface area (Å²) < 4.78 is 9.87. The van der Waals surface area contributed by atoms with Gasteiger partial charge in [0.15, 0.2) is 0 Å². The zero-order valence-corrected chi connectivity index (χ0v) is 33.6. The van der Waals surface area contributed by atoms with E-state index in [0.29, 0.717) is 24.8 Å². The minimum absolute atomic E-state index is 0.0174. The molecule has 1 N–H and O–H groups in total. The molecule has 10 heteroatoms. The molecule has 0 unspecified atom stereocenters. The van der Waals surface area contributed by atoms with Gasteiger partial charge in [-0.05, 0) is 89.2 Å². The van der Waals surface area contributed by atoms with Crippen LogP contribution in [0.25, 0.3) is 22.3 Å². The van der Waals surface area contributed by atoms with Crippen LogP contribution < -0.4 is 5.32 Å². The molecule has 296 valence electrons. The summed E-state index contributed by atoms with van der Waals surface area (Å²) in [6.45, 7) is 8.50. The molecule has 0 spiro atoms. The third-order valence-corrected chi connectivity index (χ3v) is 13.0. The number of rotatable bonds is 13. The first kappa shape index (κ1) is 39.4. The average Bonchev–Trinajstić information content (AvgIpc) is 4.06. The van der Waals surface area contributed by atoms with Gasteiger partial charge in [0, 0.05) is 55.0 Å². The normalized spacial score (nSPS) is 25.1. The molecule has 7 atom stereocenters. The van der Waals surface area contributed by atoms with E-state index in [1.807, 2.05) is 45.0 Å². The Labute approximate surface area is 330 Å². The van der Waals surface area contributed by atoms with E-state index in [1.54, 1.807) is 0 Å². The SMILES string of the molecule is COC(=O)C[C@H](C(=O)N1CCC[C@H]1C1=NC=C(c2ccc(-c3ccc(C4=CN=C([C@@H]5[C@H]6CC[C@H](C6)[C@H]5C(=O)N[C@H](C(=O)OC)C(C)C)C4)cc3)cc2)C1)C(C)C. The minimum Gasteiger partial charge on any atom is -0.469 e. The minimum atomic E-state index is -0.654. The summed E-state index contributed by atoms with van der Waals surface area (Å²) in [6, 6.07) is 16.5. The summed E-state index contributed by atoms with van der Waals surface area (Å²) in [7, 11) is 2.73. The Morgan fingerprint density at radius 1 is 0.750 bits per heavy atom. The van der Waals surface area contributed by atoms with Crippen molar-refractivity contribution in [2.75, 3.05) is 20.8 Å². The fraction of sp³-hybridized carbons (Fsp3) is 0.522. The monoisotopic (exact) mass is 760 g/mol. The Morgan fingerprint density at radius 3 is 1.89 bits per heavy atom. The van der Waals surface area contributed by atoms with Gasteiger partial charge in [-0.3, -0.25) is 24.4 Å². The maximum atomic E-state index is 13.7. The highest BCUT2D eigenvalue weighted by molar-refractivity contribution is 6.04. The Hall–Kier alpha value is -4.86. The highest BCUT2D eigenvalue weighted by Crippen LogP contribution is 2.54. The topological polar surface area (TPSA) is 127 Å². The van der Waals surface area contributed by atoms with Crippen molar-refractivity contribution in [2.45, 2.75) is 91.1 Å². The summed E-state index contributed by atoms with van der Waals surface area (Å²) >= 11 is 0. The van der Waals surface area contributed by atoms with Crippen LogP contribution in [-0.4, -0.2) is 72.9 Å². The quantitative estimate of drug-likeness (QED) is 0.211. The number of amides is 2. The number of carbonyl (C=O) groups excluding carboxylic acids is 4. The van der Waals surface area contributed by atoms with Crippen LogP contribution in [0.1, 0.15) is 90.2 Å². The number of carbonyl (C=O) groups is 4. The third-order valence-electron chi connectivity index (χ3n) is 13.0. The lowest BCUT2D eigenvalue weighted by Gasteiger charge is -2.32. The van der Waals surface area contributed by atoms with E-state index in [-0.39, 0.29) is 53.9 Å². The van der Waals surface area contributed by atoms with Crippen LogP contribution >= 0.6 is 0 Å². The highest BCUT2D eigenvalue weighted by Gasteiger charge is 2.53. The maximum absolute atomic E-state index is 13.7. The van der Waals surface area contributed by atoms with Gasteiger partial charge in [-0.1, -0.05) is 76.2 Å². The van der Waals surface area contributed by atoms with E-state index >= 15 is 0 Å². The summed E-state index contributed by atoms with van der Waals surface area (Å²) in [5.74, 6) is -0.520. The largest absolute Gasteiger partial charge is 0.469 e. The van der Waals surface area contributed by atoms with Gasteiger partial charge in [0.25, 0.3) is 0 Å². The van der Waals surface area contributed by atoms with E-state index in [9.17, 15) is 19.2 Å². The second-order valence-corrected chi connectivity index (χ2v) is 17.0. The number of nitrogens with zero attached hydrogens (tertiary/aromatic N) is 3. The molecular weight excluding hydrogens is 705 g/mol. The predicted octanol–water partition coefficient (Wildman–Crippen LogP) is 7.53. The molecule has 0 radical (unpaired) electrons. The predicted molar refractivity (Wildman–Crippen MR) is 218 cm³/mol. The van der Waals surface area contributed by atoms with Crippen molar-refractivity contribution in [1.82, 2.24) is 10.2 Å². The smallest absolute Gasteiger partial charge is 0.328 e. The molecule has 0 aromatic heterocycles. The maximum Gasteiger partial charge on any atom is 0.328 e. The Balaban J connectivity index is 0.951. The van der Waals surface area contributed by atoms with Crippen LogP contribution in [0.15, 0.2) is 70.9 Å². The van der Waals surface area contributed by atoms with Crippen molar-refractivity contribution in [3.63, 3.8) is 0 Å². The molecule has 2 aliphatic carbocycles. The summed E-state index contributed by atoms with van der Waals surface area (Å²) in [5.41, 5.74) is 8.89. The van der Waals surface area contributed by atoms with Gasteiger partial charge in [0.2, 0.25) is 11.8 Å². The number of hydrogen-bond donors (Lipinski definition) is 1. The van der Waals surface area contributed by atoms with E-state index in [1.165, 1.54) is 14.2 Å². The third kappa shape index (κ3) is 7.89. The molecule has 3 fully saturated rings. The average molecular weight is 761 g/mol. The second-order valence-electron chi connectivity index (χ2n) is 17.0.